The van der Waals surface area contributed by atoms with Crippen LogP contribution in [0.25, 0.3) is 0 Å². The van der Waals surface area contributed by atoms with Crippen LogP contribution in [0, 0.1) is 0 Å². The van der Waals surface area contributed by atoms with E-state index in [9.17, 15) is 4.79 Å². The van der Waals surface area contributed by atoms with Crippen molar-refractivity contribution in [3.05, 3.63) is 0 Å². The molecular weight excluding hydrogens is 138 g/mol. The first-order valence-electron chi connectivity index (χ1n) is 2.64. The van der Waals surface area contributed by atoms with E-state index in [0.29, 0.717) is 12.2 Å². The maximum atomic E-state index is 10.7. The van der Waals surface area contributed by atoms with E-state index >= 15 is 0 Å². The Hall–Kier alpha value is -0.220. The molecule has 0 rings (SSSR count). The van der Waals surface area contributed by atoms with Crippen LogP contribution in [0.4, 0.5) is 0 Å². The number of hydrogen-bond acceptors (Lipinski definition) is 3. The number of hydroxylamine groups is 2. The van der Waals surface area contributed by atoms with Crippen molar-refractivity contribution in [1.29, 1.82) is 0 Å². The molecule has 0 fully saturated rings. The topological polar surface area (TPSA) is 29.5 Å². The van der Waals surface area contributed by atoms with Gasteiger partial charge in [0.1, 0.15) is 0 Å². The molecule has 0 heterocycles. The zero-order valence-corrected chi connectivity index (χ0v) is 6.52. The van der Waals surface area contributed by atoms with Gasteiger partial charge in [0, 0.05) is 13.5 Å². The van der Waals surface area contributed by atoms with Crippen molar-refractivity contribution in [2.24, 2.45) is 0 Å². The van der Waals surface area contributed by atoms with Crippen LogP contribution in [0.15, 0.2) is 0 Å². The summed E-state index contributed by atoms with van der Waals surface area (Å²) in [6.45, 7) is 0. The lowest BCUT2D eigenvalue weighted by atomic mass is 10.4. The maximum absolute atomic E-state index is 10.7. The predicted molar refractivity (Wildman–Crippen MR) is 38.2 cm³/mol. The Morgan fingerprint density at radius 3 is 2.67 bits per heavy atom. The van der Waals surface area contributed by atoms with E-state index in [-0.39, 0.29) is 5.91 Å². The number of rotatable bonds is 3. The van der Waals surface area contributed by atoms with Crippen molar-refractivity contribution in [3.63, 3.8) is 0 Å². The van der Waals surface area contributed by atoms with Gasteiger partial charge >= 0.3 is 0 Å². The monoisotopic (exact) mass is 149 g/mol. The Morgan fingerprint density at radius 1 is 1.78 bits per heavy atom. The average molecular weight is 149 g/mol. The summed E-state index contributed by atoms with van der Waals surface area (Å²) in [4.78, 5) is 15.3. The molecule has 0 aromatic rings. The van der Waals surface area contributed by atoms with Gasteiger partial charge in [-0.25, -0.2) is 5.06 Å². The summed E-state index contributed by atoms with van der Waals surface area (Å²) in [5.74, 6) is 0.513. The number of carbonyl (C=O) groups excluding carboxylic acids is 1. The van der Waals surface area contributed by atoms with Gasteiger partial charge < -0.3 is 0 Å². The molecule has 9 heavy (non-hydrogen) atoms. The van der Waals surface area contributed by atoms with Gasteiger partial charge in [-0.05, 0) is 5.75 Å². The second kappa shape index (κ2) is 4.64. The van der Waals surface area contributed by atoms with Crippen LogP contribution in [0.3, 0.4) is 0 Å². The lowest BCUT2D eigenvalue weighted by Crippen LogP contribution is -2.25. The number of carbonyl (C=O) groups is 1. The van der Waals surface area contributed by atoms with E-state index in [1.807, 2.05) is 0 Å². The van der Waals surface area contributed by atoms with Gasteiger partial charge in [-0.3, -0.25) is 9.63 Å². The lowest BCUT2D eigenvalue weighted by Gasteiger charge is -2.11. The van der Waals surface area contributed by atoms with Crippen molar-refractivity contribution in [2.75, 3.05) is 19.9 Å². The Kier molecular flexibility index (Phi) is 4.53. The smallest absolute Gasteiger partial charge is 0.246 e. The molecule has 0 saturated heterocycles. The Bertz CT molecular complexity index is 97.0. The van der Waals surface area contributed by atoms with Crippen LogP contribution >= 0.6 is 12.6 Å². The van der Waals surface area contributed by atoms with E-state index in [1.54, 1.807) is 7.05 Å². The fourth-order valence-corrected chi connectivity index (χ4v) is 0.546. The highest BCUT2D eigenvalue weighted by molar-refractivity contribution is 7.80. The molecule has 0 radical (unpaired) electrons. The molecular formula is C5H11NO2S. The van der Waals surface area contributed by atoms with Crippen LogP contribution in [0.5, 0.6) is 0 Å². The summed E-state index contributed by atoms with van der Waals surface area (Å²) in [6.07, 6.45) is 0.424. The summed E-state index contributed by atoms with van der Waals surface area (Å²) >= 11 is 3.89. The summed E-state index contributed by atoms with van der Waals surface area (Å²) in [6, 6.07) is 0. The lowest BCUT2D eigenvalue weighted by molar-refractivity contribution is -0.168. The fourth-order valence-electron chi connectivity index (χ4n) is 0.355. The van der Waals surface area contributed by atoms with E-state index < -0.39 is 0 Å². The predicted octanol–water partition coefficient (Wildman–Crippen LogP) is 0.326. The van der Waals surface area contributed by atoms with Crippen LogP contribution in [-0.4, -0.2) is 30.9 Å². The minimum atomic E-state index is -0.0486. The van der Waals surface area contributed by atoms with Gasteiger partial charge in [-0.15, -0.1) is 0 Å². The van der Waals surface area contributed by atoms with Gasteiger partial charge in [-0.2, -0.15) is 12.6 Å². The van der Waals surface area contributed by atoms with Crippen LogP contribution in [0.1, 0.15) is 6.42 Å². The summed E-state index contributed by atoms with van der Waals surface area (Å²) in [7, 11) is 3.03. The SMILES string of the molecule is CON(C)C(=O)CCS. The Balaban J connectivity index is 3.46. The van der Waals surface area contributed by atoms with Crippen molar-refractivity contribution >= 4 is 18.5 Å². The molecule has 0 bridgehead atoms. The first-order chi connectivity index (χ1) is 4.22. The molecule has 4 heteroatoms. The van der Waals surface area contributed by atoms with E-state index in [1.165, 1.54) is 12.2 Å². The van der Waals surface area contributed by atoms with Gasteiger partial charge in [0.15, 0.2) is 0 Å². The second-order valence-electron chi connectivity index (χ2n) is 1.55. The molecule has 1 amide bonds. The highest BCUT2D eigenvalue weighted by atomic mass is 32.1. The third kappa shape index (κ3) is 3.37. The van der Waals surface area contributed by atoms with Crippen LogP contribution < -0.4 is 0 Å². The zero-order valence-electron chi connectivity index (χ0n) is 5.63. The van der Waals surface area contributed by atoms with Gasteiger partial charge in [-0.1, -0.05) is 0 Å². The quantitative estimate of drug-likeness (QED) is 0.463. The van der Waals surface area contributed by atoms with E-state index in [2.05, 4.69) is 17.5 Å². The Morgan fingerprint density at radius 2 is 2.33 bits per heavy atom. The highest BCUT2D eigenvalue weighted by Crippen LogP contribution is 1.91. The molecule has 0 aromatic carbocycles. The maximum Gasteiger partial charge on any atom is 0.246 e. The average Bonchev–Trinajstić information content (AvgIpc) is 1.87. The van der Waals surface area contributed by atoms with Crippen LogP contribution in [-0.2, 0) is 9.63 Å². The minimum absolute atomic E-state index is 0.0486. The zero-order chi connectivity index (χ0) is 7.28. The summed E-state index contributed by atoms with van der Waals surface area (Å²) in [5.41, 5.74) is 0. The van der Waals surface area contributed by atoms with Crippen molar-refractivity contribution in [1.82, 2.24) is 5.06 Å². The molecule has 54 valence electrons. The number of nitrogens with zero attached hydrogens (tertiary/aromatic N) is 1. The molecule has 0 aromatic heterocycles. The Labute approximate surface area is 60.3 Å². The number of hydrogen-bond donors (Lipinski definition) is 1. The highest BCUT2D eigenvalue weighted by Gasteiger charge is 2.04. The first kappa shape index (κ1) is 8.78. The molecule has 0 spiro atoms. The molecule has 0 atom stereocenters. The van der Waals surface area contributed by atoms with E-state index in [0.717, 1.165) is 0 Å². The molecule has 0 N–H and O–H groups in total. The molecule has 0 saturated carbocycles. The second-order valence-corrected chi connectivity index (χ2v) is 1.99. The third-order valence-corrected chi connectivity index (χ3v) is 1.17. The standard InChI is InChI=1S/C5H11NO2S/c1-6(8-2)5(7)3-4-9/h9H,3-4H2,1-2H3. The number of thiol groups is 1. The van der Waals surface area contributed by atoms with Crippen molar-refractivity contribution < 1.29 is 9.63 Å². The van der Waals surface area contributed by atoms with Crippen LogP contribution in [0.2, 0.25) is 0 Å². The minimum Gasteiger partial charge on any atom is -0.275 e. The molecule has 3 nitrogen and oxygen atoms in total. The van der Waals surface area contributed by atoms with Crippen molar-refractivity contribution in [2.45, 2.75) is 6.42 Å². The van der Waals surface area contributed by atoms with Gasteiger partial charge in [0.05, 0.1) is 7.11 Å². The fraction of sp³-hybridized carbons (Fsp3) is 0.800. The summed E-state index contributed by atoms with van der Waals surface area (Å²) < 4.78 is 0. The van der Waals surface area contributed by atoms with E-state index in [4.69, 9.17) is 0 Å². The molecule has 0 aliphatic heterocycles. The molecule has 0 unspecified atom stereocenters. The first-order valence-corrected chi connectivity index (χ1v) is 3.27. The normalized spacial score (nSPS) is 9.22. The van der Waals surface area contributed by atoms with Gasteiger partial charge in [0.25, 0.3) is 0 Å². The summed E-state index contributed by atoms with van der Waals surface area (Å²) in [5, 5.41) is 1.19. The van der Waals surface area contributed by atoms with Gasteiger partial charge in [0.2, 0.25) is 5.91 Å². The number of amides is 1. The molecule has 0 aliphatic rings. The van der Waals surface area contributed by atoms with Crippen molar-refractivity contribution in [3.8, 4) is 0 Å². The largest absolute Gasteiger partial charge is 0.275 e. The molecule has 0 aliphatic carbocycles. The third-order valence-electron chi connectivity index (χ3n) is 0.951.